The van der Waals surface area contributed by atoms with Gasteiger partial charge in [-0.3, -0.25) is 0 Å². The average molecular weight is 326 g/mol. The SMILES string of the molecule is COCCNCc1nc(-c2ccc(C)c(Br)c2)no1. The Balaban J connectivity index is 2.01. The van der Waals surface area contributed by atoms with Gasteiger partial charge in [-0.25, -0.2) is 0 Å². The van der Waals surface area contributed by atoms with Crippen molar-refractivity contribution in [1.82, 2.24) is 15.5 Å². The van der Waals surface area contributed by atoms with Crippen molar-refractivity contribution in [1.29, 1.82) is 0 Å². The molecule has 19 heavy (non-hydrogen) atoms. The number of nitrogens with one attached hydrogen (secondary N) is 1. The van der Waals surface area contributed by atoms with E-state index in [1.54, 1.807) is 7.11 Å². The van der Waals surface area contributed by atoms with Crippen LogP contribution in [0.15, 0.2) is 27.2 Å². The minimum atomic E-state index is 0.545. The van der Waals surface area contributed by atoms with Gasteiger partial charge in [-0.15, -0.1) is 0 Å². The first-order valence-corrected chi connectivity index (χ1v) is 6.79. The summed E-state index contributed by atoms with van der Waals surface area (Å²) in [4.78, 5) is 4.35. The molecule has 0 spiro atoms. The molecule has 0 saturated carbocycles. The van der Waals surface area contributed by atoms with Crippen molar-refractivity contribution < 1.29 is 9.26 Å². The van der Waals surface area contributed by atoms with Gasteiger partial charge in [-0.2, -0.15) is 4.98 Å². The maximum atomic E-state index is 5.19. The van der Waals surface area contributed by atoms with Crippen LogP contribution in [0, 0.1) is 6.92 Å². The van der Waals surface area contributed by atoms with E-state index in [1.807, 2.05) is 25.1 Å². The molecule has 0 aliphatic carbocycles. The number of methoxy groups -OCH3 is 1. The molecule has 0 saturated heterocycles. The molecule has 5 nitrogen and oxygen atoms in total. The fourth-order valence-corrected chi connectivity index (χ4v) is 1.92. The number of aryl methyl sites for hydroxylation is 1. The number of aromatic nitrogens is 2. The molecule has 1 N–H and O–H groups in total. The topological polar surface area (TPSA) is 60.2 Å². The highest BCUT2D eigenvalue weighted by atomic mass is 79.9. The molecule has 0 amide bonds. The molecule has 0 atom stereocenters. The van der Waals surface area contributed by atoms with Crippen LogP contribution < -0.4 is 5.32 Å². The lowest BCUT2D eigenvalue weighted by atomic mass is 10.1. The van der Waals surface area contributed by atoms with E-state index in [1.165, 1.54) is 5.56 Å². The zero-order valence-corrected chi connectivity index (χ0v) is 12.5. The summed E-state index contributed by atoms with van der Waals surface area (Å²) in [5, 5.41) is 7.14. The van der Waals surface area contributed by atoms with Gasteiger partial charge in [0, 0.05) is 23.7 Å². The van der Waals surface area contributed by atoms with Gasteiger partial charge in [0.25, 0.3) is 0 Å². The van der Waals surface area contributed by atoms with Crippen molar-refractivity contribution >= 4 is 15.9 Å². The summed E-state index contributed by atoms with van der Waals surface area (Å²) in [6.45, 7) is 3.99. The molecule has 6 heteroatoms. The number of hydrogen-bond acceptors (Lipinski definition) is 5. The van der Waals surface area contributed by atoms with E-state index in [4.69, 9.17) is 9.26 Å². The van der Waals surface area contributed by atoms with Gasteiger partial charge in [0.1, 0.15) is 0 Å². The quantitative estimate of drug-likeness (QED) is 0.827. The Labute approximate surface area is 120 Å². The van der Waals surface area contributed by atoms with E-state index < -0.39 is 0 Å². The molecule has 1 aromatic carbocycles. The largest absolute Gasteiger partial charge is 0.383 e. The molecular weight excluding hydrogens is 310 g/mol. The Morgan fingerprint density at radius 1 is 1.42 bits per heavy atom. The van der Waals surface area contributed by atoms with Crippen molar-refractivity contribution in [2.45, 2.75) is 13.5 Å². The molecule has 0 unspecified atom stereocenters. The molecular formula is C13H16BrN3O2. The molecule has 0 aliphatic rings. The molecule has 2 aromatic rings. The molecule has 0 radical (unpaired) electrons. The second kappa shape index (κ2) is 6.79. The Hall–Kier alpha value is -1.24. The number of benzene rings is 1. The fraction of sp³-hybridized carbons (Fsp3) is 0.385. The average Bonchev–Trinajstić information content (AvgIpc) is 2.87. The lowest BCUT2D eigenvalue weighted by Gasteiger charge is -1.99. The van der Waals surface area contributed by atoms with Crippen LogP contribution in [-0.2, 0) is 11.3 Å². The summed E-state index contributed by atoms with van der Waals surface area (Å²) in [6, 6.07) is 5.99. The minimum Gasteiger partial charge on any atom is -0.383 e. The maximum absolute atomic E-state index is 5.19. The van der Waals surface area contributed by atoms with E-state index in [0.717, 1.165) is 16.6 Å². The number of ether oxygens (including phenoxy) is 1. The monoisotopic (exact) mass is 325 g/mol. The number of halogens is 1. The molecule has 0 aliphatic heterocycles. The van der Waals surface area contributed by atoms with Crippen LogP contribution in [0.5, 0.6) is 0 Å². The van der Waals surface area contributed by atoms with Gasteiger partial charge in [0.2, 0.25) is 11.7 Å². The van der Waals surface area contributed by atoms with Crippen molar-refractivity contribution in [3.05, 3.63) is 34.1 Å². The van der Waals surface area contributed by atoms with E-state index in [9.17, 15) is 0 Å². The van der Waals surface area contributed by atoms with Crippen LogP contribution >= 0.6 is 15.9 Å². The first-order valence-electron chi connectivity index (χ1n) is 5.99. The molecule has 102 valence electrons. The molecule has 0 bridgehead atoms. The molecule has 1 heterocycles. The van der Waals surface area contributed by atoms with Crippen LogP contribution in [-0.4, -0.2) is 30.4 Å². The Bertz CT molecular complexity index is 542. The van der Waals surface area contributed by atoms with E-state index in [0.29, 0.717) is 24.9 Å². The van der Waals surface area contributed by atoms with Crippen LogP contribution in [0.3, 0.4) is 0 Å². The third-order valence-electron chi connectivity index (χ3n) is 2.66. The predicted molar refractivity (Wildman–Crippen MR) is 75.8 cm³/mol. The minimum absolute atomic E-state index is 0.545. The van der Waals surface area contributed by atoms with Crippen molar-refractivity contribution in [2.75, 3.05) is 20.3 Å². The van der Waals surface area contributed by atoms with E-state index >= 15 is 0 Å². The second-order valence-electron chi connectivity index (χ2n) is 4.15. The highest BCUT2D eigenvalue weighted by Crippen LogP contribution is 2.23. The predicted octanol–water partition coefficient (Wildman–Crippen LogP) is 2.54. The highest BCUT2D eigenvalue weighted by molar-refractivity contribution is 9.10. The summed E-state index contributed by atoms with van der Waals surface area (Å²) < 4.78 is 11.2. The number of rotatable bonds is 6. The van der Waals surface area contributed by atoms with Crippen molar-refractivity contribution in [3.63, 3.8) is 0 Å². The van der Waals surface area contributed by atoms with Crippen LogP contribution in [0.2, 0.25) is 0 Å². The van der Waals surface area contributed by atoms with Crippen molar-refractivity contribution in [2.24, 2.45) is 0 Å². The second-order valence-corrected chi connectivity index (χ2v) is 5.00. The van der Waals surface area contributed by atoms with E-state index in [-0.39, 0.29) is 0 Å². The van der Waals surface area contributed by atoms with Gasteiger partial charge in [0.15, 0.2) is 0 Å². The summed E-state index contributed by atoms with van der Waals surface area (Å²) in [6.07, 6.45) is 0. The molecule has 1 aromatic heterocycles. The van der Waals surface area contributed by atoms with Gasteiger partial charge < -0.3 is 14.6 Å². The Morgan fingerprint density at radius 3 is 3.00 bits per heavy atom. The molecule has 2 rings (SSSR count). The van der Waals surface area contributed by atoms with E-state index in [2.05, 4.69) is 31.4 Å². The summed E-state index contributed by atoms with van der Waals surface area (Å²) in [5.41, 5.74) is 2.11. The normalized spacial score (nSPS) is 10.9. The Morgan fingerprint density at radius 2 is 2.26 bits per heavy atom. The first kappa shape index (κ1) is 14.2. The third kappa shape index (κ3) is 3.86. The highest BCUT2D eigenvalue weighted by Gasteiger charge is 2.09. The summed E-state index contributed by atoms with van der Waals surface area (Å²) in [5.74, 6) is 1.17. The smallest absolute Gasteiger partial charge is 0.240 e. The van der Waals surface area contributed by atoms with Gasteiger partial charge >= 0.3 is 0 Å². The third-order valence-corrected chi connectivity index (χ3v) is 3.51. The summed E-state index contributed by atoms with van der Waals surface area (Å²) >= 11 is 3.50. The van der Waals surface area contributed by atoms with Crippen LogP contribution in [0.4, 0.5) is 0 Å². The number of hydrogen-bond donors (Lipinski definition) is 1. The Kier molecular flexibility index (Phi) is 5.07. The van der Waals surface area contributed by atoms with Gasteiger partial charge in [0.05, 0.1) is 13.2 Å². The van der Waals surface area contributed by atoms with Gasteiger partial charge in [-0.1, -0.05) is 33.2 Å². The lowest BCUT2D eigenvalue weighted by Crippen LogP contribution is -2.18. The first-order chi connectivity index (χ1) is 9.20. The van der Waals surface area contributed by atoms with Crippen molar-refractivity contribution in [3.8, 4) is 11.4 Å². The maximum Gasteiger partial charge on any atom is 0.240 e. The zero-order chi connectivity index (χ0) is 13.7. The van der Waals surface area contributed by atoms with Crippen LogP contribution in [0.25, 0.3) is 11.4 Å². The zero-order valence-electron chi connectivity index (χ0n) is 10.9. The fourth-order valence-electron chi connectivity index (χ4n) is 1.55. The summed E-state index contributed by atoms with van der Waals surface area (Å²) in [7, 11) is 1.67. The van der Waals surface area contributed by atoms with Crippen LogP contribution in [0.1, 0.15) is 11.5 Å². The van der Waals surface area contributed by atoms with Gasteiger partial charge in [-0.05, 0) is 18.6 Å². The molecule has 0 fully saturated rings. The lowest BCUT2D eigenvalue weighted by molar-refractivity contribution is 0.197. The standard InChI is InChI=1S/C13H16BrN3O2/c1-9-3-4-10(7-11(9)14)13-16-12(19-17-13)8-15-5-6-18-2/h3-4,7,15H,5-6,8H2,1-2H3. The number of nitrogens with zero attached hydrogens (tertiary/aromatic N) is 2.